The monoisotopic (exact) mass is 442 g/mol. The predicted octanol–water partition coefficient (Wildman–Crippen LogP) is 4.78. The maximum Gasteiger partial charge on any atom is 0.341 e. The lowest BCUT2D eigenvalue weighted by molar-refractivity contribution is 0.0528. The van der Waals surface area contributed by atoms with E-state index >= 15 is 0 Å². The Hall–Kier alpha value is -2.71. The van der Waals surface area contributed by atoms with Crippen molar-refractivity contribution >= 4 is 39.6 Å². The summed E-state index contributed by atoms with van der Waals surface area (Å²) in [5, 5.41) is 12.0. The molecule has 0 bridgehead atoms. The van der Waals surface area contributed by atoms with E-state index in [9.17, 15) is 4.79 Å². The Labute approximate surface area is 186 Å². The first-order chi connectivity index (χ1) is 14.5. The summed E-state index contributed by atoms with van der Waals surface area (Å²) in [4.78, 5) is 13.4. The van der Waals surface area contributed by atoms with Gasteiger partial charge in [0.15, 0.2) is 5.11 Å². The van der Waals surface area contributed by atoms with Crippen molar-refractivity contribution in [1.82, 2.24) is 15.1 Å². The minimum atomic E-state index is -0.356. The minimum absolute atomic E-state index is 0.323. The third-order valence-electron chi connectivity index (χ3n) is 4.45. The van der Waals surface area contributed by atoms with Gasteiger partial charge in [-0.2, -0.15) is 5.10 Å². The van der Waals surface area contributed by atoms with Crippen LogP contribution in [0.3, 0.4) is 0 Å². The number of esters is 1. The van der Waals surface area contributed by atoms with Gasteiger partial charge >= 0.3 is 5.97 Å². The molecule has 0 spiro atoms. The molecule has 3 rings (SSSR count). The van der Waals surface area contributed by atoms with Gasteiger partial charge in [0.05, 0.1) is 17.9 Å². The van der Waals surface area contributed by atoms with Crippen molar-refractivity contribution in [2.24, 2.45) is 0 Å². The number of rotatable bonds is 8. The highest BCUT2D eigenvalue weighted by atomic mass is 32.1. The quantitative estimate of drug-likeness (QED) is 0.297. The first kappa shape index (κ1) is 22.0. The van der Waals surface area contributed by atoms with Gasteiger partial charge in [0.25, 0.3) is 0 Å². The number of thiophene rings is 1. The molecule has 0 fully saturated rings. The molecular formula is C22H26N4O2S2. The Kier molecular flexibility index (Phi) is 7.59. The predicted molar refractivity (Wildman–Crippen MR) is 126 cm³/mol. The molecule has 0 aliphatic heterocycles. The van der Waals surface area contributed by atoms with Crippen molar-refractivity contribution in [3.05, 3.63) is 59.4 Å². The van der Waals surface area contributed by atoms with E-state index in [0.29, 0.717) is 28.8 Å². The molecule has 0 atom stereocenters. The molecule has 2 aromatic heterocycles. The fourth-order valence-electron chi connectivity index (χ4n) is 3.07. The number of anilines is 1. The van der Waals surface area contributed by atoms with Gasteiger partial charge in [-0.15, -0.1) is 11.3 Å². The molecule has 0 saturated heterocycles. The van der Waals surface area contributed by atoms with Crippen LogP contribution >= 0.6 is 23.6 Å². The standard InChI is InChI=1S/C22H26N4O2S2/c1-4-28-21(27)18-14-19(17-9-6-5-7-10-17)30-20(18)24-22(29)23-11-8-12-26-16(3)13-15(2)25-26/h5-7,9-10,13-14H,4,8,11-12H2,1-3H3,(H2,23,24,29). The van der Waals surface area contributed by atoms with Crippen LogP contribution in [0.15, 0.2) is 42.5 Å². The zero-order chi connectivity index (χ0) is 21.5. The molecule has 0 amide bonds. The molecule has 0 unspecified atom stereocenters. The SMILES string of the molecule is CCOC(=O)c1cc(-c2ccccc2)sc1NC(=S)NCCCn1nc(C)cc1C. The molecule has 0 aliphatic rings. The summed E-state index contributed by atoms with van der Waals surface area (Å²) < 4.78 is 7.21. The van der Waals surface area contributed by atoms with Gasteiger partial charge in [-0.1, -0.05) is 30.3 Å². The summed E-state index contributed by atoms with van der Waals surface area (Å²) in [6.45, 7) is 7.69. The van der Waals surface area contributed by atoms with Gasteiger partial charge in [0.1, 0.15) is 5.00 Å². The fourth-order valence-corrected chi connectivity index (χ4v) is 4.39. The van der Waals surface area contributed by atoms with Crippen molar-refractivity contribution in [2.75, 3.05) is 18.5 Å². The summed E-state index contributed by atoms with van der Waals surface area (Å²) >= 11 is 6.92. The molecule has 2 heterocycles. The summed E-state index contributed by atoms with van der Waals surface area (Å²) in [5.74, 6) is -0.356. The Morgan fingerprint density at radius 1 is 1.23 bits per heavy atom. The molecule has 2 N–H and O–H groups in total. The average molecular weight is 443 g/mol. The van der Waals surface area contributed by atoms with Crippen molar-refractivity contribution in [3.8, 4) is 10.4 Å². The molecule has 0 saturated carbocycles. The lowest BCUT2D eigenvalue weighted by Crippen LogP contribution is -2.30. The largest absolute Gasteiger partial charge is 0.462 e. The van der Waals surface area contributed by atoms with Crippen LogP contribution in [-0.2, 0) is 11.3 Å². The number of benzene rings is 1. The number of ether oxygens (including phenoxy) is 1. The lowest BCUT2D eigenvalue weighted by atomic mass is 10.1. The van der Waals surface area contributed by atoms with Crippen molar-refractivity contribution in [3.63, 3.8) is 0 Å². The van der Waals surface area contributed by atoms with Crippen LogP contribution in [0.25, 0.3) is 10.4 Å². The van der Waals surface area contributed by atoms with Gasteiger partial charge in [0.2, 0.25) is 0 Å². The molecule has 3 aromatic rings. The van der Waals surface area contributed by atoms with E-state index in [4.69, 9.17) is 17.0 Å². The van der Waals surface area contributed by atoms with Crippen LogP contribution in [0, 0.1) is 13.8 Å². The van der Waals surface area contributed by atoms with Crippen LogP contribution in [0.5, 0.6) is 0 Å². The fraction of sp³-hybridized carbons (Fsp3) is 0.318. The second kappa shape index (κ2) is 10.4. The Bertz CT molecular complexity index is 1010. The van der Waals surface area contributed by atoms with Crippen molar-refractivity contribution < 1.29 is 9.53 Å². The van der Waals surface area contributed by atoms with E-state index in [1.807, 2.05) is 48.0 Å². The van der Waals surface area contributed by atoms with Gasteiger partial charge in [-0.3, -0.25) is 4.68 Å². The van der Waals surface area contributed by atoms with Gasteiger partial charge < -0.3 is 15.4 Å². The third kappa shape index (κ3) is 5.67. The van der Waals surface area contributed by atoms with Crippen molar-refractivity contribution in [2.45, 2.75) is 33.7 Å². The molecular weight excluding hydrogens is 416 g/mol. The van der Waals surface area contributed by atoms with Gasteiger partial charge in [0, 0.05) is 23.7 Å². The Balaban J connectivity index is 1.62. The zero-order valence-corrected chi connectivity index (χ0v) is 19.0. The highest BCUT2D eigenvalue weighted by Gasteiger charge is 2.19. The maximum atomic E-state index is 12.4. The van der Waals surface area contributed by atoms with Crippen LogP contribution in [0.2, 0.25) is 0 Å². The molecule has 0 radical (unpaired) electrons. The van der Waals surface area contributed by atoms with E-state index in [2.05, 4.69) is 28.7 Å². The van der Waals surface area contributed by atoms with Crippen LogP contribution in [0.4, 0.5) is 5.00 Å². The Morgan fingerprint density at radius 3 is 2.67 bits per heavy atom. The van der Waals surface area contributed by atoms with Crippen LogP contribution in [0.1, 0.15) is 35.1 Å². The molecule has 0 aliphatic carbocycles. The molecule has 6 nitrogen and oxygen atoms in total. The number of carbonyl (C=O) groups excluding carboxylic acids is 1. The van der Waals surface area contributed by atoms with Gasteiger partial charge in [-0.05, 0) is 57.1 Å². The summed E-state index contributed by atoms with van der Waals surface area (Å²) in [5.41, 5.74) is 3.72. The summed E-state index contributed by atoms with van der Waals surface area (Å²) in [6.07, 6.45) is 0.883. The van der Waals surface area contributed by atoms with E-state index < -0.39 is 0 Å². The average Bonchev–Trinajstić information content (AvgIpc) is 3.28. The molecule has 158 valence electrons. The second-order valence-electron chi connectivity index (χ2n) is 6.82. The molecule has 30 heavy (non-hydrogen) atoms. The summed E-state index contributed by atoms with van der Waals surface area (Å²) in [6, 6.07) is 13.9. The smallest absolute Gasteiger partial charge is 0.341 e. The normalized spacial score (nSPS) is 10.6. The second-order valence-corrected chi connectivity index (χ2v) is 8.29. The van der Waals surface area contributed by atoms with E-state index in [0.717, 1.165) is 34.8 Å². The first-order valence-electron chi connectivity index (χ1n) is 9.90. The topological polar surface area (TPSA) is 68.2 Å². The number of hydrogen-bond donors (Lipinski definition) is 2. The van der Waals surface area contributed by atoms with Gasteiger partial charge in [-0.25, -0.2) is 4.79 Å². The minimum Gasteiger partial charge on any atom is -0.462 e. The number of thiocarbonyl (C=S) groups is 1. The lowest BCUT2D eigenvalue weighted by Gasteiger charge is -2.11. The van der Waals surface area contributed by atoms with Crippen molar-refractivity contribution in [1.29, 1.82) is 0 Å². The number of nitrogens with one attached hydrogen (secondary N) is 2. The molecule has 1 aromatic carbocycles. The number of aromatic nitrogens is 2. The highest BCUT2D eigenvalue weighted by Crippen LogP contribution is 2.35. The summed E-state index contributed by atoms with van der Waals surface area (Å²) in [7, 11) is 0. The number of aryl methyl sites for hydroxylation is 3. The van der Waals surface area contributed by atoms with Crippen LogP contribution < -0.4 is 10.6 Å². The molecule has 8 heteroatoms. The third-order valence-corrected chi connectivity index (χ3v) is 5.79. The number of carbonyl (C=O) groups is 1. The first-order valence-corrected chi connectivity index (χ1v) is 11.1. The number of nitrogens with zero attached hydrogens (tertiary/aromatic N) is 2. The van der Waals surface area contributed by atoms with E-state index in [1.165, 1.54) is 11.3 Å². The van der Waals surface area contributed by atoms with E-state index in [1.54, 1.807) is 6.92 Å². The zero-order valence-electron chi connectivity index (χ0n) is 17.4. The number of hydrogen-bond acceptors (Lipinski definition) is 5. The van der Waals surface area contributed by atoms with E-state index in [-0.39, 0.29) is 5.97 Å². The van der Waals surface area contributed by atoms with Crippen LogP contribution in [-0.4, -0.2) is 34.0 Å². The Morgan fingerprint density at radius 2 is 2.00 bits per heavy atom. The highest BCUT2D eigenvalue weighted by molar-refractivity contribution is 7.80. The maximum absolute atomic E-state index is 12.4.